The van der Waals surface area contributed by atoms with Crippen molar-refractivity contribution in [2.24, 2.45) is 0 Å². The standard InChI is InChI=1S/C19H18F3NO4/c1-27-18(19(20,21)22,14-10-6-3-7-11-14)17(26)23-15(16(24)25)12-13-8-4-2-5-9-13/h2-11,15H,12H2,1H3,(H,23,26)(H,24,25)/t15-,18?/m1/s1. The lowest BCUT2D eigenvalue weighted by Crippen LogP contribution is -2.59. The molecule has 0 aliphatic carbocycles. The second-order valence-corrected chi connectivity index (χ2v) is 5.80. The summed E-state index contributed by atoms with van der Waals surface area (Å²) in [7, 11) is 0.757. The van der Waals surface area contributed by atoms with E-state index in [-0.39, 0.29) is 6.42 Å². The molecular weight excluding hydrogens is 363 g/mol. The van der Waals surface area contributed by atoms with Crippen LogP contribution in [0.1, 0.15) is 11.1 Å². The molecule has 2 aromatic rings. The van der Waals surface area contributed by atoms with E-state index in [1.807, 2.05) is 5.32 Å². The van der Waals surface area contributed by atoms with E-state index in [2.05, 4.69) is 4.74 Å². The van der Waals surface area contributed by atoms with Gasteiger partial charge in [0.15, 0.2) is 0 Å². The largest absolute Gasteiger partial charge is 0.480 e. The summed E-state index contributed by atoms with van der Waals surface area (Å²) in [5, 5.41) is 11.3. The van der Waals surface area contributed by atoms with Crippen molar-refractivity contribution < 1.29 is 32.6 Å². The Labute approximate surface area is 153 Å². The van der Waals surface area contributed by atoms with Gasteiger partial charge in [-0.05, 0) is 5.56 Å². The van der Waals surface area contributed by atoms with Gasteiger partial charge in [0.25, 0.3) is 11.5 Å². The van der Waals surface area contributed by atoms with Crippen molar-refractivity contribution in [1.29, 1.82) is 0 Å². The van der Waals surface area contributed by atoms with Crippen molar-refractivity contribution >= 4 is 11.9 Å². The van der Waals surface area contributed by atoms with Crippen LogP contribution in [0.5, 0.6) is 0 Å². The minimum absolute atomic E-state index is 0.172. The van der Waals surface area contributed by atoms with Crippen LogP contribution in [-0.4, -0.2) is 36.3 Å². The number of amides is 1. The van der Waals surface area contributed by atoms with Gasteiger partial charge in [0, 0.05) is 19.1 Å². The summed E-state index contributed by atoms with van der Waals surface area (Å²) in [5.74, 6) is -3.04. The Hall–Kier alpha value is -2.87. The van der Waals surface area contributed by atoms with Gasteiger partial charge in [0.05, 0.1) is 0 Å². The minimum Gasteiger partial charge on any atom is -0.480 e. The number of halogens is 3. The first-order valence-corrected chi connectivity index (χ1v) is 7.97. The third kappa shape index (κ3) is 4.28. The van der Waals surface area contributed by atoms with Gasteiger partial charge in [0.1, 0.15) is 6.04 Å². The highest BCUT2D eigenvalue weighted by Crippen LogP contribution is 2.42. The van der Waals surface area contributed by atoms with Crippen molar-refractivity contribution in [3.8, 4) is 0 Å². The lowest BCUT2D eigenvalue weighted by molar-refractivity contribution is -0.266. The molecule has 0 aliphatic heterocycles. The summed E-state index contributed by atoms with van der Waals surface area (Å²) >= 11 is 0. The number of carboxylic acids is 1. The van der Waals surface area contributed by atoms with Crippen LogP contribution in [0.3, 0.4) is 0 Å². The van der Waals surface area contributed by atoms with Crippen LogP contribution in [0, 0.1) is 0 Å². The first-order valence-electron chi connectivity index (χ1n) is 7.97. The smallest absolute Gasteiger partial charge is 0.430 e. The fraction of sp³-hybridized carbons (Fsp3) is 0.263. The summed E-state index contributed by atoms with van der Waals surface area (Å²) in [4.78, 5) is 24.1. The maximum Gasteiger partial charge on any atom is 0.430 e. The second kappa shape index (κ2) is 8.22. The molecule has 0 aliphatic rings. The predicted molar refractivity (Wildman–Crippen MR) is 90.9 cm³/mol. The molecule has 2 N–H and O–H groups in total. The summed E-state index contributed by atoms with van der Waals surface area (Å²) in [6.07, 6.45) is -5.28. The zero-order valence-electron chi connectivity index (χ0n) is 14.4. The maximum atomic E-state index is 13.9. The third-order valence-corrected chi connectivity index (χ3v) is 4.09. The third-order valence-electron chi connectivity index (χ3n) is 4.09. The highest BCUT2D eigenvalue weighted by atomic mass is 19.4. The Morgan fingerprint density at radius 3 is 2.00 bits per heavy atom. The fourth-order valence-corrected chi connectivity index (χ4v) is 2.73. The molecule has 0 fully saturated rings. The van der Waals surface area contributed by atoms with Gasteiger partial charge < -0.3 is 15.2 Å². The quantitative estimate of drug-likeness (QED) is 0.773. The van der Waals surface area contributed by atoms with Crippen LogP contribution in [-0.2, 0) is 26.3 Å². The molecule has 0 bridgehead atoms. The number of hydrogen-bond acceptors (Lipinski definition) is 3. The van der Waals surface area contributed by atoms with Crippen LogP contribution in [0.15, 0.2) is 60.7 Å². The lowest BCUT2D eigenvalue weighted by atomic mass is 9.91. The number of carboxylic acid groups (broad SMARTS) is 1. The Bertz CT molecular complexity index is 781. The lowest BCUT2D eigenvalue weighted by Gasteiger charge is -2.34. The highest BCUT2D eigenvalue weighted by molar-refractivity contribution is 5.91. The predicted octanol–water partition coefficient (Wildman–Crippen LogP) is 2.90. The average molecular weight is 381 g/mol. The topological polar surface area (TPSA) is 75.6 Å². The molecule has 144 valence electrons. The normalized spacial score (nSPS) is 14.8. The zero-order chi connectivity index (χ0) is 20.1. The van der Waals surface area contributed by atoms with Gasteiger partial charge >= 0.3 is 12.1 Å². The summed E-state index contributed by atoms with van der Waals surface area (Å²) in [5.41, 5.74) is -3.21. The van der Waals surface area contributed by atoms with Crippen LogP contribution in [0.25, 0.3) is 0 Å². The molecule has 0 saturated heterocycles. The van der Waals surface area contributed by atoms with E-state index in [1.165, 1.54) is 18.2 Å². The van der Waals surface area contributed by atoms with Gasteiger partial charge in [-0.2, -0.15) is 13.2 Å². The molecule has 27 heavy (non-hydrogen) atoms. The van der Waals surface area contributed by atoms with Gasteiger partial charge in [-0.15, -0.1) is 0 Å². The van der Waals surface area contributed by atoms with E-state index in [0.717, 1.165) is 19.2 Å². The van der Waals surface area contributed by atoms with Crippen molar-refractivity contribution in [2.75, 3.05) is 7.11 Å². The molecule has 1 unspecified atom stereocenters. The molecule has 0 spiro atoms. The maximum absolute atomic E-state index is 13.9. The number of alkyl halides is 3. The number of benzene rings is 2. The molecule has 8 heteroatoms. The number of hydrogen-bond donors (Lipinski definition) is 2. The van der Waals surface area contributed by atoms with Crippen LogP contribution < -0.4 is 5.32 Å². The van der Waals surface area contributed by atoms with E-state index in [9.17, 15) is 27.9 Å². The summed E-state index contributed by atoms with van der Waals surface area (Å²) < 4.78 is 46.2. The number of nitrogens with one attached hydrogen (secondary N) is 1. The van der Waals surface area contributed by atoms with E-state index in [1.54, 1.807) is 30.3 Å². The molecule has 0 saturated carbocycles. The van der Waals surface area contributed by atoms with Crippen LogP contribution >= 0.6 is 0 Å². The highest BCUT2D eigenvalue weighted by Gasteiger charge is 2.63. The minimum atomic E-state index is -5.11. The van der Waals surface area contributed by atoms with Crippen molar-refractivity contribution in [1.82, 2.24) is 5.32 Å². The molecule has 2 rings (SSSR count). The van der Waals surface area contributed by atoms with E-state index in [4.69, 9.17) is 0 Å². The van der Waals surface area contributed by atoms with Gasteiger partial charge in [-0.25, -0.2) is 4.79 Å². The molecule has 2 atom stereocenters. The molecule has 0 radical (unpaired) electrons. The van der Waals surface area contributed by atoms with Crippen molar-refractivity contribution in [3.63, 3.8) is 0 Å². The number of ether oxygens (including phenoxy) is 1. The fourth-order valence-electron chi connectivity index (χ4n) is 2.73. The van der Waals surface area contributed by atoms with E-state index in [0.29, 0.717) is 5.56 Å². The monoisotopic (exact) mass is 381 g/mol. The molecule has 1 amide bonds. The number of aliphatic carboxylic acids is 1. The first-order chi connectivity index (χ1) is 12.7. The van der Waals surface area contributed by atoms with E-state index < -0.39 is 35.3 Å². The Kier molecular flexibility index (Phi) is 6.22. The molecule has 2 aromatic carbocycles. The molecular formula is C19H18F3NO4. The number of carbonyl (C=O) groups is 2. The molecule has 5 nitrogen and oxygen atoms in total. The zero-order valence-corrected chi connectivity index (χ0v) is 14.4. The van der Waals surface area contributed by atoms with E-state index >= 15 is 0 Å². The second-order valence-electron chi connectivity index (χ2n) is 5.80. The Balaban J connectivity index is 2.38. The Morgan fingerprint density at radius 2 is 1.56 bits per heavy atom. The summed E-state index contributed by atoms with van der Waals surface area (Å²) in [6, 6.07) is 13.1. The number of carbonyl (C=O) groups excluding carboxylic acids is 1. The van der Waals surface area contributed by atoms with Crippen LogP contribution in [0.2, 0.25) is 0 Å². The van der Waals surface area contributed by atoms with Crippen molar-refractivity contribution in [3.05, 3.63) is 71.8 Å². The van der Waals surface area contributed by atoms with Gasteiger partial charge in [-0.3, -0.25) is 4.79 Å². The van der Waals surface area contributed by atoms with Gasteiger partial charge in [-0.1, -0.05) is 60.7 Å². The molecule has 0 heterocycles. The summed E-state index contributed by atoms with van der Waals surface area (Å²) in [6.45, 7) is 0. The number of rotatable bonds is 7. The number of methoxy groups -OCH3 is 1. The van der Waals surface area contributed by atoms with Crippen LogP contribution in [0.4, 0.5) is 13.2 Å². The Morgan fingerprint density at radius 1 is 1.04 bits per heavy atom. The average Bonchev–Trinajstić information content (AvgIpc) is 2.62. The first kappa shape index (κ1) is 20.4. The SMILES string of the molecule is COC(C(=O)N[C@H](Cc1ccccc1)C(=O)O)(c1ccccc1)C(F)(F)F. The van der Waals surface area contributed by atoms with Gasteiger partial charge in [0.2, 0.25) is 0 Å². The molecule has 0 aromatic heterocycles. The van der Waals surface area contributed by atoms with Crippen molar-refractivity contribution in [2.45, 2.75) is 24.2 Å².